The maximum Gasteiger partial charge on any atom is 0.229 e. The fourth-order valence-corrected chi connectivity index (χ4v) is 1.67. The standard InChI is InChI=1S/C7H12O2Si/c1-10(2)9-7-5-3-4-6(7)8/h5,10H,3-4H2,1-2H3. The molecule has 3 heteroatoms. The van der Waals surface area contributed by atoms with E-state index in [1.54, 1.807) is 0 Å². The Kier molecular flexibility index (Phi) is 2.27. The molecule has 0 saturated carbocycles. The predicted molar refractivity (Wildman–Crippen MR) is 42.3 cm³/mol. The van der Waals surface area contributed by atoms with Crippen molar-refractivity contribution in [2.45, 2.75) is 25.9 Å². The highest BCUT2D eigenvalue weighted by molar-refractivity contribution is 6.49. The topological polar surface area (TPSA) is 26.3 Å². The van der Waals surface area contributed by atoms with E-state index in [0.717, 1.165) is 6.42 Å². The van der Waals surface area contributed by atoms with Crippen molar-refractivity contribution in [2.75, 3.05) is 0 Å². The Morgan fingerprint density at radius 2 is 2.30 bits per heavy atom. The van der Waals surface area contributed by atoms with Gasteiger partial charge in [0, 0.05) is 6.42 Å². The first kappa shape index (κ1) is 7.53. The van der Waals surface area contributed by atoms with Crippen molar-refractivity contribution in [3.05, 3.63) is 11.8 Å². The summed E-state index contributed by atoms with van der Waals surface area (Å²) in [5.74, 6) is 0.808. The lowest BCUT2D eigenvalue weighted by atomic mass is 10.3. The van der Waals surface area contributed by atoms with E-state index < -0.39 is 9.04 Å². The van der Waals surface area contributed by atoms with Gasteiger partial charge in [-0.3, -0.25) is 4.79 Å². The van der Waals surface area contributed by atoms with E-state index in [1.165, 1.54) is 0 Å². The molecule has 0 heterocycles. The second-order valence-corrected chi connectivity index (χ2v) is 5.03. The van der Waals surface area contributed by atoms with E-state index in [9.17, 15) is 4.79 Å². The summed E-state index contributed by atoms with van der Waals surface area (Å²) in [7, 11) is -1.05. The highest BCUT2D eigenvalue weighted by Crippen LogP contribution is 2.15. The van der Waals surface area contributed by atoms with Crippen molar-refractivity contribution in [1.29, 1.82) is 0 Å². The van der Waals surface area contributed by atoms with E-state index in [2.05, 4.69) is 13.1 Å². The fraction of sp³-hybridized carbons (Fsp3) is 0.571. The highest BCUT2D eigenvalue weighted by Gasteiger charge is 2.16. The molecule has 1 aliphatic carbocycles. The molecule has 1 rings (SSSR count). The maximum atomic E-state index is 10.9. The number of Topliss-reactive ketones (excluding diaryl/α,β-unsaturated/α-hetero) is 1. The van der Waals surface area contributed by atoms with Gasteiger partial charge in [0.2, 0.25) is 9.04 Å². The number of carbonyl (C=O) groups is 1. The third kappa shape index (κ3) is 1.70. The Balaban J connectivity index is 2.48. The smallest absolute Gasteiger partial charge is 0.229 e. The summed E-state index contributed by atoms with van der Waals surface area (Å²) in [4.78, 5) is 10.9. The zero-order valence-electron chi connectivity index (χ0n) is 6.39. The van der Waals surface area contributed by atoms with Crippen LogP contribution in [0.2, 0.25) is 13.1 Å². The quantitative estimate of drug-likeness (QED) is 0.562. The minimum atomic E-state index is -1.05. The molecular formula is C7H12O2Si. The van der Waals surface area contributed by atoms with Crippen LogP contribution in [0.25, 0.3) is 0 Å². The lowest BCUT2D eigenvalue weighted by Gasteiger charge is -2.07. The first-order chi connectivity index (χ1) is 4.70. The predicted octanol–water partition coefficient (Wildman–Crippen LogP) is 1.23. The zero-order chi connectivity index (χ0) is 7.56. The molecule has 0 radical (unpaired) electrons. The molecule has 0 unspecified atom stereocenters. The SMILES string of the molecule is C[SiH](C)OC1=CCCC1=O. The second kappa shape index (κ2) is 3.01. The second-order valence-electron chi connectivity index (χ2n) is 2.70. The molecule has 10 heavy (non-hydrogen) atoms. The summed E-state index contributed by atoms with van der Waals surface area (Å²) in [6.45, 7) is 4.12. The van der Waals surface area contributed by atoms with Gasteiger partial charge in [-0.05, 0) is 25.6 Å². The van der Waals surface area contributed by atoms with Crippen LogP contribution in [-0.4, -0.2) is 14.8 Å². The van der Waals surface area contributed by atoms with Gasteiger partial charge >= 0.3 is 0 Å². The third-order valence-electron chi connectivity index (χ3n) is 1.34. The lowest BCUT2D eigenvalue weighted by molar-refractivity contribution is -0.116. The number of carbonyl (C=O) groups excluding carboxylic acids is 1. The Morgan fingerprint density at radius 1 is 1.60 bits per heavy atom. The number of allylic oxidation sites excluding steroid dienone is 2. The average molecular weight is 156 g/mol. The van der Waals surface area contributed by atoms with Crippen molar-refractivity contribution < 1.29 is 9.22 Å². The van der Waals surface area contributed by atoms with Crippen LogP contribution in [0, 0.1) is 0 Å². The van der Waals surface area contributed by atoms with Crippen molar-refractivity contribution in [1.82, 2.24) is 0 Å². The van der Waals surface area contributed by atoms with Crippen LogP contribution in [0.5, 0.6) is 0 Å². The van der Waals surface area contributed by atoms with Gasteiger partial charge in [0.05, 0.1) is 0 Å². The van der Waals surface area contributed by atoms with Crippen LogP contribution in [-0.2, 0) is 9.22 Å². The summed E-state index contributed by atoms with van der Waals surface area (Å²) in [6.07, 6.45) is 3.42. The van der Waals surface area contributed by atoms with E-state index in [0.29, 0.717) is 12.2 Å². The molecule has 0 bridgehead atoms. The van der Waals surface area contributed by atoms with E-state index in [-0.39, 0.29) is 5.78 Å². The van der Waals surface area contributed by atoms with Gasteiger partial charge < -0.3 is 4.43 Å². The number of rotatable bonds is 2. The Hall–Kier alpha value is -0.573. The van der Waals surface area contributed by atoms with Crippen molar-refractivity contribution >= 4 is 14.8 Å². The molecule has 0 aromatic carbocycles. The number of hydrogen-bond donors (Lipinski definition) is 0. The molecule has 1 aliphatic rings. The van der Waals surface area contributed by atoms with Crippen LogP contribution in [0.4, 0.5) is 0 Å². The third-order valence-corrected chi connectivity index (χ3v) is 2.06. The molecule has 0 N–H and O–H groups in total. The molecule has 0 saturated heterocycles. The normalized spacial score (nSPS) is 17.9. The van der Waals surface area contributed by atoms with Gasteiger partial charge in [-0.2, -0.15) is 0 Å². The Bertz CT molecular complexity index is 172. The van der Waals surface area contributed by atoms with Crippen molar-refractivity contribution in [2.24, 2.45) is 0 Å². The lowest BCUT2D eigenvalue weighted by Crippen LogP contribution is -2.10. The van der Waals surface area contributed by atoms with E-state index in [1.807, 2.05) is 6.08 Å². The summed E-state index contributed by atoms with van der Waals surface area (Å²) >= 11 is 0. The van der Waals surface area contributed by atoms with Crippen LogP contribution in [0.3, 0.4) is 0 Å². The van der Waals surface area contributed by atoms with E-state index >= 15 is 0 Å². The Morgan fingerprint density at radius 3 is 2.70 bits per heavy atom. The largest absolute Gasteiger partial charge is 0.545 e. The summed E-state index contributed by atoms with van der Waals surface area (Å²) < 4.78 is 5.37. The van der Waals surface area contributed by atoms with Gasteiger partial charge in [0.1, 0.15) is 5.76 Å². The monoisotopic (exact) mass is 156 g/mol. The average Bonchev–Trinajstić information content (AvgIpc) is 2.15. The number of hydrogen-bond acceptors (Lipinski definition) is 2. The molecule has 2 nitrogen and oxygen atoms in total. The highest BCUT2D eigenvalue weighted by atomic mass is 28.3. The first-order valence-electron chi connectivity index (χ1n) is 3.60. The van der Waals surface area contributed by atoms with Crippen LogP contribution < -0.4 is 0 Å². The molecule has 0 aliphatic heterocycles. The van der Waals surface area contributed by atoms with Gasteiger partial charge in [-0.25, -0.2) is 0 Å². The minimum Gasteiger partial charge on any atom is -0.545 e. The summed E-state index contributed by atoms with van der Waals surface area (Å²) in [5.41, 5.74) is 0. The van der Waals surface area contributed by atoms with Gasteiger partial charge in [0.15, 0.2) is 5.78 Å². The molecular weight excluding hydrogens is 144 g/mol. The molecule has 0 aromatic rings. The number of ketones is 1. The van der Waals surface area contributed by atoms with Crippen molar-refractivity contribution in [3.63, 3.8) is 0 Å². The minimum absolute atomic E-state index is 0.182. The summed E-state index contributed by atoms with van der Waals surface area (Å²) in [5, 5.41) is 0. The van der Waals surface area contributed by atoms with Crippen LogP contribution in [0.15, 0.2) is 11.8 Å². The van der Waals surface area contributed by atoms with Crippen LogP contribution >= 0.6 is 0 Å². The van der Waals surface area contributed by atoms with Gasteiger partial charge in [-0.15, -0.1) is 0 Å². The van der Waals surface area contributed by atoms with Crippen molar-refractivity contribution in [3.8, 4) is 0 Å². The molecule has 0 aromatic heterocycles. The molecule has 0 amide bonds. The molecule has 0 spiro atoms. The molecule has 0 atom stereocenters. The fourth-order valence-electron chi connectivity index (χ4n) is 0.939. The molecule has 0 fully saturated rings. The maximum absolute atomic E-state index is 10.9. The van der Waals surface area contributed by atoms with E-state index in [4.69, 9.17) is 4.43 Å². The van der Waals surface area contributed by atoms with Crippen LogP contribution in [0.1, 0.15) is 12.8 Å². The summed E-state index contributed by atoms with van der Waals surface area (Å²) in [6, 6.07) is 0. The zero-order valence-corrected chi connectivity index (χ0v) is 7.54. The Labute approximate surface area is 62.6 Å². The van der Waals surface area contributed by atoms with Gasteiger partial charge in [-0.1, -0.05) is 0 Å². The molecule has 56 valence electrons. The first-order valence-corrected chi connectivity index (χ1v) is 6.38. The van der Waals surface area contributed by atoms with Gasteiger partial charge in [0.25, 0.3) is 0 Å².